The molecule has 0 aromatic carbocycles. The van der Waals surface area contributed by atoms with Crippen molar-refractivity contribution in [1.82, 2.24) is 4.90 Å². The van der Waals surface area contributed by atoms with Crippen molar-refractivity contribution in [3.63, 3.8) is 0 Å². The molecule has 0 aliphatic carbocycles. The summed E-state index contributed by atoms with van der Waals surface area (Å²) in [5.74, 6) is 1.04. The van der Waals surface area contributed by atoms with Gasteiger partial charge in [0.1, 0.15) is 6.10 Å². The number of hydrogen-bond acceptors (Lipinski definition) is 3. The van der Waals surface area contributed by atoms with Crippen LogP contribution in [0.4, 0.5) is 0 Å². The maximum Gasteiger partial charge on any atom is 0.306 e. The van der Waals surface area contributed by atoms with Gasteiger partial charge < -0.3 is 9.64 Å². The van der Waals surface area contributed by atoms with Gasteiger partial charge in [-0.3, -0.25) is 4.79 Å². The van der Waals surface area contributed by atoms with Crippen molar-refractivity contribution in [1.29, 1.82) is 0 Å². The molecule has 0 amide bonds. The molecule has 45 heavy (non-hydrogen) atoms. The monoisotopic (exact) mass is 636 g/mol. The fourth-order valence-electron chi connectivity index (χ4n) is 6.95. The molecule has 0 aliphatic rings. The first-order valence-corrected chi connectivity index (χ1v) is 20.9. The molecular weight excluding hydrogens is 550 g/mol. The summed E-state index contributed by atoms with van der Waals surface area (Å²) in [6, 6.07) is 0. The highest BCUT2D eigenvalue weighted by molar-refractivity contribution is 5.69. The minimum absolute atomic E-state index is 0.0409. The number of rotatable bonds is 37. The van der Waals surface area contributed by atoms with Crippen LogP contribution in [-0.2, 0) is 9.53 Å². The number of hydrogen-bond donors (Lipinski definition) is 0. The molecule has 0 radical (unpaired) electrons. The Morgan fingerprint density at radius 2 is 0.822 bits per heavy atom. The highest BCUT2D eigenvalue weighted by Crippen LogP contribution is 2.24. The van der Waals surface area contributed by atoms with Crippen LogP contribution in [0.5, 0.6) is 0 Å². The van der Waals surface area contributed by atoms with Gasteiger partial charge in [-0.05, 0) is 64.6 Å². The fourth-order valence-corrected chi connectivity index (χ4v) is 6.95. The second-order valence-corrected chi connectivity index (χ2v) is 14.8. The molecule has 0 aliphatic heterocycles. The first kappa shape index (κ1) is 44.4. The predicted molar refractivity (Wildman–Crippen MR) is 201 cm³/mol. The van der Waals surface area contributed by atoms with E-state index in [2.05, 4.69) is 39.6 Å². The van der Waals surface area contributed by atoms with E-state index < -0.39 is 0 Å². The number of unbranched alkanes of at least 4 members (excludes halogenated alkanes) is 20. The van der Waals surface area contributed by atoms with E-state index in [1.165, 1.54) is 180 Å². The lowest BCUT2D eigenvalue weighted by Gasteiger charge is -2.18. The molecule has 0 bridgehead atoms. The first-order valence-electron chi connectivity index (χ1n) is 20.9. The molecule has 2 atom stereocenters. The summed E-state index contributed by atoms with van der Waals surface area (Å²) in [7, 11) is 2.30. The van der Waals surface area contributed by atoms with Gasteiger partial charge in [0.2, 0.25) is 0 Å². The number of carbonyl (C=O) groups is 1. The molecule has 0 saturated carbocycles. The van der Waals surface area contributed by atoms with E-state index in [-0.39, 0.29) is 12.1 Å². The highest BCUT2D eigenvalue weighted by Gasteiger charge is 2.13. The van der Waals surface area contributed by atoms with Gasteiger partial charge in [0.25, 0.3) is 0 Å². The number of esters is 1. The second kappa shape index (κ2) is 36.3. The van der Waals surface area contributed by atoms with E-state index in [1.807, 2.05) is 0 Å². The van der Waals surface area contributed by atoms with Crippen molar-refractivity contribution in [3.05, 3.63) is 0 Å². The topological polar surface area (TPSA) is 29.5 Å². The highest BCUT2D eigenvalue weighted by atomic mass is 16.5. The van der Waals surface area contributed by atoms with Gasteiger partial charge in [0, 0.05) is 6.42 Å². The van der Waals surface area contributed by atoms with Gasteiger partial charge in [0.15, 0.2) is 0 Å². The Labute approximate surface area is 285 Å². The summed E-state index contributed by atoms with van der Waals surface area (Å²) >= 11 is 0. The molecule has 3 heteroatoms. The molecule has 0 aromatic rings. The van der Waals surface area contributed by atoms with Crippen LogP contribution in [0.2, 0.25) is 0 Å². The Bertz CT molecular complexity index is 579. The van der Waals surface area contributed by atoms with E-state index in [0.29, 0.717) is 6.42 Å². The average molecular weight is 636 g/mol. The second-order valence-electron chi connectivity index (χ2n) is 14.8. The third-order valence-corrected chi connectivity index (χ3v) is 10.0. The lowest BCUT2D eigenvalue weighted by Crippen LogP contribution is -2.20. The van der Waals surface area contributed by atoms with Crippen LogP contribution in [-0.4, -0.2) is 37.1 Å². The maximum atomic E-state index is 12.4. The van der Waals surface area contributed by atoms with Gasteiger partial charge in [-0.2, -0.15) is 0 Å². The van der Waals surface area contributed by atoms with Crippen molar-refractivity contribution in [2.75, 3.05) is 20.1 Å². The molecule has 0 rings (SSSR count). The molecule has 0 N–H and O–H groups in total. The average Bonchev–Trinajstić information content (AvgIpc) is 3.03. The summed E-state index contributed by atoms with van der Waals surface area (Å²) in [5.41, 5.74) is 0. The van der Waals surface area contributed by atoms with Gasteiger partial charge >= 0.3 is 5.97 Å². The molecule has 0 spiro atoms. The lowest BCUT2D eigenvalue weighted by atomic mass is 9.89. The van der Waals surface area contributed by atoms with E-state index in [9.17, 15) is 4.79 Å². The number of ether oxygens (including phenoxy) is 1. The Balaban J connectivity index is 3.77. The molecular formula is C42H85NO2. The zero-order chi connectivity index (χ0) is 33.1. The lowest BCUT2D eigenvalue weighted by molar-refractivity contribution is -0.150. The van der Waals surface area contributed by atoms with Crippen LogP contribution in [0.1, 0.15) is 233 Å². The smallest absolute Gasteiger partial charge is 0.306 e. The zero-order valence-corrected chi connectivity index (χ0v) is 32.0. The van der Waals surface area contributed by atoms with Crippen LogP contribution in [0, 0.1) is 5.92 Å². The van der Waals surface area contributed by atoms with Crippen LogP contribution in [0.25, 0.3) is 0 Å². The van der Waals surface area contributed by atoms with Gasteiger partial charge in [-0.1, -0.05) is 188 Å². The minimum Gasteiger partial charge on any atom is -0.462 e. The predicted octanol–water partition coefficient (Wildman–Crippen LogP) is 14.0. The van der Waals surface area contributed by atoms with Crippen molar-refractivity contribution >= 4 is 5.97 Å². The summed E-state index contributed by atoms with van der Waals surface area (Å²) < 4.78 is 5.86. The van der Waals surface area contributed by atoms with Crippen molar-refractivity contribution < 1.29 is 9.53 Å². The molecule has 0 fully saturated rings. The Hall–Kier alpha value is -0.570. The Morgan fingerprint density at radius 1 is 0.444 bits per heavy atom. The summed E-state index contributed by atoms with van der Waals surface area (Å²) in [6.45, 7) is 11.6. The van der Waals surface area contributed by atoms with E-state index in [0.717, 1.165) is 38.0 Å². The van der Waals surface area contributed by atoms with Crippen LogP contribution in [0.15, 0.2) is 0 Å². The number of nitrogens with zero attached hydrogens (tertiary/aromatic N) is 1. The SMILES string of the molecule is CCCCCCCCC(CCC)OC(=O)CCCCCCCN(C)CCCCCCCC(CCCCCC)CCCCCCC. The van der Waals surface area contributed by atoms with Gasteiger partial charge in [0.05, 0.1) is 0 Å². The summed E-state index contributed by atoms with van der Waals surface area (Å²) in [6.07, 6.45) is 42.1. The third kappa shape index (κ3) is 33.1. The normalized spacial score (nSPS) is 13.0. The molecule has 2 unspecified atom stereocenters. The maximum absolute atomic E-state index is 12.4. The van der Waals surface area contributed by atoms with Crippen LogP contribution in [0.3, 0.4) is 0 Å². The van der Waals surface area contributed by atoms with Crippen molar-refractivity contribution in [3.8, 4) is 0 Å². The standard InChI is InChI=1S/C42H85NO2/c1-6-10-13-16-21-28-36-41(32-9-4)45-42(44)37-29-22-18-24-31-39-43(5)38-30-23-17-20-27-35-40(33-25-15-12-8-3)34-26-19-14-11-7-2/h40-41H,6-39H2,1-5H3. The quantitative estimate of drug-likeness (QED) is 0.0502. The molecule has 0 saturated heterocycles. The van der Waals surface area contributed by atoms with Crippen molar-refractivity contribution in [2.45, 2.75) is 239 Å². The minimum atomic E-state index is 0.0409. The largest absolute Gasteiger partial charge is 0.462 e. The first-order chi connectivity index (χ1) is 22.1. The van der Waals surface area contributed by atoms with E-state index >= 15 is 0 Å². The van der Waals surface area contributed by atoms with Crippen LogP contribution < -0.4 is 0 Å². The van der Waals surface area contributed by atoms with E-state index in [4.69, 9.17) is 4.74 Å². The molecule has 3 nitrogen and oxygen atoms in total. The third-order valence-electron chi connectivity index (χ3n) is 10.0. The summed E-state index contributed by atoms with van der Waals surface area (Å²) in [5, 5.41) is 0. The van der Waals surface area contributed by atoms with Gasteiger partial charge in [-0.15, -0.1) is 0 Å². The zero-order valence-electron chi connectivity index (χ0n) is 32.0. The Kier molecular flexibility index (Phi) is 35.8. The van der Waals surface area contributed by atoms with Crippen LogP contribution >= 0.6 is 0 Å². The molecule has 0 aromatic heterocycles. The number of carbonyl (C=O) groups excluding carboxylic acids is 1. The van der Waals surface area contributed by atoms with Crippen molar-refractivity contribution in [2.24, 2.45) is 5.92 Å². The molecule has 0 heterocycles. The summed E-state index contributed by atoms with van der Waals surface area (Å²) in [4.78, 5) is 14.9. The van der Waals surface area contributed by atoms with E-state index in [1.54, 1.807) is 0 Å². The van der Waals surface area contributed by atoms with Gasteiger partial charge in [-0.25, -0.2) is 0 Å². The molecule has 270 valence electrons. The fraction of sp³-hybridized carbons (Fsp3) is 0.976. The Morgan fingerprint density at radius 3 is 1.29 bits per heavy atom.